The first-order valence-corrected chi connectivity index (χ1v) is 10.3. The fourth-order valence-electron chi connectivity index (χ4n) is 3.28. The molecule has 0 unspecified atom stereocenters. The summed E-state index contributed by atoms with van der Waals surface area (Å²) in [4.78, 5) is 11.5. The zero-order chi connectivity index (χ0) is 22.2. The third-order valence-corrected chi connectivity index (χ3v) is 4.90. The van der Waals surface area contributed by atoms with Gasteiger partial charge in [0.25, 0.3) is 0 Å². The average Bonchev–Trinajstić information content (AvgIpc) is 2.80. The van der Waals surface area contributed by atoms with E-state index in [0.717, 1.165) is 34.8 Å². The number of hydrogen-bond acceptors (Lipinski definition) is 5. The molecular weight excluding hydrogens is 517 g/mol. The second kappa shape index (κ2) is 12.3. The summed E-state index contributed by atoms with van der Waals surface area (Å²) in [6, 6.07) is 16.2. The van der Waals surface area contributed by atoms with Crippen LogP contribution in [0.2, 0.25) is 0 Å². The van der Waals surface area contributed by atoms with Crippen LogP contribution in [-0.4, -0.2) is 45.8 Å². The normalized spacial score (nSPS) is 11.0. The molecule has 0 atom stereocenters. The summed E-state index contributed by atoms with van der Waals surface area (Å²) in [7, 11) is 7.27. The van der Waals surface area contributed by atoms with Crippen LogP contribution < -0.4 is 25.0 Å². The van der Waals surface area contributed by atoms with Crippen molar-refractivity contribution in [1.29, 1.82) is 0 Å². The number of para-hydroxylation sites is 1. The summed E-state index contributed by atoms with van der Waals surface area (Å²) in [5.74, 6) is 3.10. The highest BCUT2D eigenvalue weighted by Gasteiger charge is 2.09. The van der Waals surface area contributed by atoms with Crippen LogP contribution in [0.4, 0.5) is 5.82 Å². The van der Waals surface area contributed by atoms with Gasteiger partial charge in [0, 0.05) is 32.6 Å². The first-order valence-electron chi connectivity index (χ1n) is 10.3. The number of anilines is 1. The van der Waals surface area contributed by atoms with Crippen molar-refractivity contribution in [1.82, 2.24) is 15.6 Å². The number of methoxy groups -OCH3 is 2. The molecule has 8 heteroatoms. The van der Waals surface area contributed by atoms with Gasteiger partial charge in [-0.25, -0.2) is 9.98 Å². The van der Waals surface area contributed by atoms with Crippen LogP contribution in [-0.2, 0) is 13.1 Å². The molecule has 0 aliphatic rings. The minimum atomic E-state index is 0. The molecule has 0 aliphatic carbocycles. The number of nitrogens with zero attached hydrogens (tertiary/aromatic N) is 3. The third-order valence-electron chi connectivity index (χ3n) is 4.90. The van der Waals surface area contributed by atoms with Crippen molar-refractivity contribution in [3.05, 3.63) is 59.7 Å². The molecule has 0 fully saturated rings. The van der Waals surface area contributed by atoms with Crippen molar-refractivity contribution in [2.45, 2.75) is 20.0 Å². The van der Waals surface area contributed by atoms with E-state index in [1.807, 2.05) is 55.4 Å². The molecule has 0 aliphatic heterocycles. The minimum absolute atomic E-state index is 0. The van der Waals surface area contributed by atoms with Gasteiger partial charge in [-0.1, -0.05) is 24.3 Å². The Morgan fingerprint density at radius 1 is 1.00 bits per heavy atom. The van der Waals surface area contributed by atoms with Crippen LogP contribution in [0.5, 0.6) is 11.5 Å². The maximum atomic E-state index is 5.39. The number of fused-ring (bicyclic) bond motifs is 1. The molecule has 3 aromatic rings. The number of aliphatic imine (C=N–C) groups is 1. The van der Waals surface area contributed by atoms with Gasteiger partial charge in [-0.3, -0.25) is 0 Å². The first-order chi connectivity index (χ1) is 15.0. The van der Waals surface area contributed by atoms with Crippen LogP contribution in [0.25, 0.3) is 10.9 Å². The van der Waals surface area contributed by atoms with Gasteiger partial charge in [0.15, 0.2) is 17.5 Å². The number of aromatic nitrogens is 1. The molecule has 0 amide bonds. The molecule has 3 rings (SSSR count). The van der Waals surface area contributed by atoms with Gasteiger partial charge in [0.05, 0.1) is 26.3 Å². The molecule has 0 bridgehead atoms. The number of ether oxygens (including phenoxy) is 2. The number of pyridine rings is 1. The van der Waals surface area contributed by atoms with E-state index in [1.54, 1.807) is 14.2 Å². The lowest BCUT2D eigenvalue weighted by Gasteiger charge is -2.17. The molecule has 0 radical (unpaired) electrons. The highest BCUT2D eigenvalue weighted by molar-refractivity contribution is 14.0. The summed E-state index contributed by atoms with van der Waals surface area (Å²) in [6.45, 7) is 3.99. The molecule has 0 spiro atoms. The number of benzene rings is 2. The average molecular weight is 549 g/mol. The topological polar surface area (TPSA) is 71.0 Å². The number of guanidine groups is 1. The predicted molar refractivity (Wildman–Crippen MR) is 143 cm³/mol. The molecule has 2 N–H and O–H groups in total. The van der Waals surface area contributed by atoms with Crippen molar-refractivity contribution < 1.29 is 9.47 Å². The number of hydrogen-bond donors (Lipinski definition) is 2. The van der Waals surface area contributed by atoms with Crippen molar-refractivity contribution in [2.75, 3.05) is 39.8 Å². The zero-order valence-electron chi connectivity index (χ0n) is 19.3. The van der Waals surface area contributed by atoms with Gasteiger partial charge < -0.3 is 25.0 Å². The largest absolute Gasteiger partial charge is 0.493 e. The van der Waals surface area contributed by atoms with E-state index < -0.39 is 0 Å². The summed E-state index contributed by atoms with van der Waals surface area (Å²) in [5, 5.41) is 7.91. The van der Waals surface area contributed by atoms with Crippen LogP contribution in [0.15, 0.2) is 53.5 Å². The zero-order valence-corrected chi connectivity index (χ0v) is 21.6. The summed E-state index contributed by atoms with van der Waals surface area (Å²) in [5.41, 5.74) is 3.20. The van der Waals surface area contributed by atoms with Crippen LogP contribution >= 0.6 is 24.0 Å². The number of nitrogens with one attached hydrogen (secondary N) is 2. The van der Waals surface area contributed by atoms with E-state index in [1.165, 1.54) is 5.56 Å². The van der Waals surface area contributed by atoms with Gasteiger partial charge in [-0.2, -0.15) is 0 Å². The van der Waals surface area contributed by atoms with Gasteiger partial charge in [-0.05, 0) is 42.3 Å². The van der Waals surface area contributed by atoms with Gasteiger partial charge in [-0.15, -0.1) is 24.0 Å². The Bertz CT molecular complexity index is 1060. The summed E-state index contributed by atoms with van der Waals surface area (Å²) < 4.78 is 10.7. The SMILES string of the molecule is CCNC(=NCc1ccc(OC)c(OC)c1)NCc1cc(N(C)C)nc2ccccc12.I. The quantitative estimate of drug-likeness (QED) is 0.250. The predicted octanol–water partition coefficient (Wildman–Crippen LogP) is 4.19. The maximum absolute atomic E-state index is 5.39. The maximum Gasteiger partial charge on any atom is 0.191 e. The lowest BCUT2D eigenvalue weighted by molar-refractivity contribution is 0.354. The van der Waals surface area contributed by atoms with Crippen LogP contribution in [0.3, 0.4) is 0 Å². The Morgan fingerprint density at radius 2 is 1.75 bits per heavy atom. The Kier molecular flexibility index (Phi) is 9.83. The highest BCUT2D eigenvalue weighted by atomic mass is 127. The molecule has 2 aromatic carbocycles. The second-order valence-corrected chi connectivity index (χ2v) is 7.29. The fourth-order valence-corrected chi connectivity index (χ4v) is 3.28. The fraction of sp³-hybridized carbons (Fsp3) is 0.333. The van der Waals surface area contributed by atoms with Gasteiger partial charge in [0.1, 0.15) is 5.82 Å². The van der Waals surface area contributed by atoms with Gasteiger partial charge >= 0.3 is 0 Å². The van der Waals surface area contributed by atoms with E-state index in [9.17, 15) is 0 Å². The highest BCUT2D eigenvalue weighted by Crippen LogP contribution is 2.27. The molecular formula is C24H32IN5O2. The molecule has 1 heterocycles. The minimum Gasteiger partial charge on any atom is -0.493 e. The Labute approximate surface area is 207 Å². The summed E-state index contributed by atoms with van der Waals surface area (Å²) >= 11 is 0. The monoisotopic (exact) mass is 549 g/mol. The molecule has 0 saturated carbocycles. The third kappa shape index (κ3) is 6.38. The summed E-state index contributed by atoms with van der Waals surface area (Å²) in [6.07, 6.45) is 0. The standard InChI is InChI=1S/C24H31N5O2.HI/c1-6-25-24(26-15-17-11-12-21(30-4)22(13-17)31-5)27-16-18-14-23(29(2)3)28-20-10-8-7-9-19(18)20;/h7-14H,6,15-16H2,1-5H3,(H2,25,26,27);1H. The molecule has 32 heavy (non-hydrogen) atoms. The Morgan fingerprint density at radius 3 is 2.44 bits per heavy atom. The Balaban J connectivity index is 0.00000363. The van der Waals surface area contributed by atoms with Crippen LogP contribution in [0, 0.1) is 0 Å². The van der Waals surface area contributed by atoms with E-state index in [4.69, 9.17) is 19.5 Å². The number of rotatable bonds is 8. The Hall–Kier alpha value is -2.75. The molecule has 0 saturated heterocycles. The molecule has 1 aromatic heterocycles. The van der Waals surface area contributed by atoms with E-state index in [-0.39, 0.29) is 24.0 Å². The molecule has 172 valence electrons. The van der Waals surface area contributed by atoms with Crippen molar-refractivity contribution in [3.8, 4) is 11.5 Å². The first kappa shape index (κ1) is 25.5. The van der Waals surface area contributed by atoms with Crippen molar-refractivity contribution >= 4 is 46.7 Å². The van der Waals surface area contributed by atoms with Crippen molar-refractivity contribution in [3.63, 3.8) is 0 Å². The van der Waals surface area contributed by atoms with E-state index in [2.05, 4.69) is 29.7 Å². The van der Waals surface area contributed by atoms with Crippen LogP contribution in [0.1, 0.15) is 18.1 Å². The van der Waals surface area contributed by atoms with Gasteiger partial charge in [0.2, 0.25) is 0 Å². The lowest BCUT2D eigenvalue weighted by Crippen LogP contribution is -2.36. The molecule has 7 nitrogen and oxygen atoms in total. The van der Waals surface area contributed by atoms with E-state index >= 15 is 0 Å². The second-order valence-electron chi connectivity index (χ2n) is 7.29. The number of halogens is 1. The van der Waals surface area contributed by atoms with E-state index in [0.29, 0.717) is 24.6 Å². The lowest BCUT2D eigenvalue weighted by atomic mass is 10.1. The van der Waals surface area contributed by atoms with Crippen molar-refractivity contribution in [2.24, 2.45) is 4.99 Å². The smallest absolute Gasteiger partial charge is 0.191 e.